The average Bonchev–Trinajstić information content (AvgIpc) is 2.54. The molecule has 4 heteroatoms. The van der Waals surface area contributed by atoms with Crippen LogP contribution in [0.15, 0.2) is 60.8 Å². The van der Waals surface area contributed by atoms with Crippen molar-refractivity contribution in [1.29, 1.82) is 0 Å². The highest BCUT2D eigenvalue weighted by Crippen LogP contribution is 2.22. The summed E-state index contributed by atoms with van der Waals surface area (Å²) in [5, 5.41) is 15.6. The highest BCUT2D eigenvalue weighted by molar-refractivity contribution is 6.04. The molecule has 24 heavy (non-hydrogen) atoms. The lowest BCUT2D eigenvalue weighted by Gasteiger charge is -2.19. The quantitative estimate of drug-likeness (QED) is 0.572. The number of hydrogen-bond acceptors (Lipinski definition) is 2. The third-order valence-electron chi connectivity index (χ3n) is 4.01. The zero-order valence-electron chi connectivity index (χ0n) is 14.0. The summed E-state index contributed by atoms with van der Waals surface area (Å²) in [5.74, 6) is -0.231. The summed E-state index contributed by atoms with van der Waals surface area (Å²) in [6.45, 7) is 6.39. The predicted molar refractivity (Wildman–Crippen MR) is 96.0 cm³/mol. The van der Waals surface area contributed by atoms with Crippen LogP contribution in [0.25, 0.3) is 10.9 Å². The summed E-state index contributed by atoms with van der Waals surface area (Å²) >= 11 is 0. The first-order chi connectivity index (χ1) is 11.3. The van der Waals surface area contributed by atoms with Crippen LogP contribution in [0.4, 0.5) is 5.69 Å². The molecule has 2 aromatic carbocycles. The number of nitrogens with one attached hydrogen (secondary N) is 1. The Morgan fingerprint density at radius 2 is 1.71 bits per heavy atom. The van der Waals surface area contributed by atoms with Gasteiger partial charge in [-0.15, -0.1) is 0 Å². The summed E-state index contributed by atoms with van der Waals surface area (Å²) in [6.07, 6.45) is 1.38. The van der Waals surface area contributed by atoms with Gasteiger partial charge in [0.15, 0.2) is 0 Å². The monoisotopic (exact) mass is 320 g/mol. The Balaban J connectivity index is 1.84. The largest absolute Gasteiger partial charge is 0.618 e. The first-order valence-corrected chi connectivity index (χ1v) is 7.88. The Morgan fingerprint density at radius 1 is 1.04 bits per heavy atom. The Hall–Kier alpha value is -2.88. The Kier molecular flexibility index (Phi) is 3.97. The van der Waals surface area contributed by atoms with E-state index in [9.17, 15) is 10.0 Å². The van der Waals surface area contributed by atoms with Crippen molar-refractivity contribution in [3.8, 4) is 0 Å². The van der Waals surface area contributed by atoms with Crippen LogP contribution in [0.3, 0.4) is 0 Å². The molecular formula is C20H20N2O2. The standard InChI is InChI=1S/C20H20N2O2/c1-20(2,3)16-10-8-14(9-11-16)19(23)21-17-12-15-6-4-5-7-18(15)22(24)13-17/h4-13H,1-3H3,(H,21,23). The van der Waals surface area contributed by atoms with E-state index in [1.54, 1.807) is 12.1 Å². The lowest BCUT2D eigenvalue weighted by Crippen LogP contribution is -2.27. The summed E-state index contributed by atoms with van der Waals surface area (Å²) in [7, 11) is 0. The van der Waals surface area contributed by atoms with Crippen molar-refractivity contribution in [2.24, 2.45) is 0 Å². The molecule has 0 spiro atoms. The molecule has 122 valence electrons. The maximum absolute atomic E-state index is 12.4. The first-order valence-electron chi connectivity index (χ1n) is 7.88. The van der Waals surface area contributed by atoms with Crippen LogP contribution >= 0.6 is 0 Å². The summed E-state index contributed by atoms with van der Waals surface area (Å²) < 4.78 is 0.771. The lowest BCUT2D eigenvalue weighted by molar-refractivity contribution is -0.576. The fourth-order valence-electron chi connectivity index (χ4n) is 2.60. The number of carbonyl (C=O) groups excluding carboxylic acids is 1. The Bertz CT molecular complexity index is 894. The van der Waals surface area contributed by atoms with E-state index < -0.39 is 0 Å². The number of rotatable bonds is 2. The Morgan fingerprint density at radius 3 is 2.38 bits per heavy atom. The minimum Gasteiger partial charge on any atom is -0.618 e. The van der Waals surface area contributed by atoms with Crippen molar-refractivity contribution in [2.45, 2.75) is 26.2 Å². The first kappa shape index (κ1) is 16.0. The second-order valence-corrected chi connectivity index (χ2v) is 6.89. The van der Waals surface area contributed by atoms with Crippen molar-refractivity contribution < 1.29 is 9.52 Å². The molecule has 1 N–H and O–H groups in total. The smallest absolute Gasteiger partial charge is 0.255 e. The van der Waals surface area contributed by atoms with Crippen LogP contribution in [0.2, 0.25) is 0 Å². The molecule has 0 aliphatic heterocycles. The molecule has 1 aromatic heterocycles. The zero-order chi connectivity index (χ0) is 17.3. The number of amides is 1. The van der Waals surface area contributed by atoms with Crippen molar-refractivity contribution in [3.63, 3.8) is 0 Å². The molecule has 1 heterocycles. The molecule has 0 radical (unpaired) electrons. The van der Waals surface area contributed by atoms with Crippen molar-refractivity contribution >= 4 is 22.5 Å². The van der Waals surface area contributed by atoms with Gasteiger partial charge in [0, 0.05) is 17.0 Å². The molecule has 0 bridgehead atoms. The van der Waals surface area contributed by atoms with E-state index in [4.69, 9.17) is 0 Å². The number of nitrogens with zero attached hydrogens (tertiary/aromatic N) is 1. The SMILES string of the molecule is CC(C)(C)c1ccc(C(=O)Nc2cc3ccccc3[n+]([O-])c2)cc1. The molecule has 0 unspecified atom stereocenters. The number of benzene rings is 2. The fraction of sp³-hybridized carbons (Fsp3) is 0.200. The van der Waals surface area contributed by atoms with Crippen LogP contribution in [-0.2, 0) is 5.41 Å². The van der Waals surface area contributed by atoms with Crippen molar-refractivity contribution in [2.75, 3.05) is 5.32 Å². The average molecular weight is 320 g/mol. The zero-order valence-corrected chi connectivity index (χ0v) is 14.0. The number of para-hydroxylation sites is 1. The van der Waals surface area contributed by atoms with Gasteiger partial charge in [0.25, 0.3) is 5.91 Å². The molecule has 3 rings (SSSR count). The highest BCUT2D eigenvalue weighted by Gasteiger charge is 2.15. The Labute approximate surface area is 141 Å². The van der Waals surface area contributed by atoms with Gasteiger partial charge in [-0.25, -0.2) is 0 Å². The summed E-state index contributed by atoms with van der Waals surface area (Å²) in [4.78, 5) is 12.4. The van der Waals surface area contributed by atoms with E-state index in [1.807, 2.05) is 42.5 Å². The van der Waals surface area contributed by atoms with E-state index in [0.717, 1.165) is 10.1 Å². The molecule has 1 amide bonds. The second-order valence-electron chi connectivity index (χ2n) is 6.89. The molecule has 0 aliphatic rings. The topological polar surface area (TPSA) is 56.0 Å². The van der Waals surface area contributed by atoms with E-state index in [0.29, 0.717) is 16.8 Å². The number of fused-ring (bicyclic) bond motifs is 1. The maximum atomic E-state index is 12.4. The van der Waals surface area contributed by atoms with Gasteiger partial charge in [-0.2, -0.15) is 4.73 Å². The molecular weight excluding hydrogens is 300 g/mol. The minimum atomic E-state index is -0.231. The fourth-order valence-corrected chi connectivity index (χ4v) is 2.60. The van der Waals surface area contributed by atoms with Crippen LogP contribution in [0.5, 0.6) is 0 Å². The number of pyridine rings is 1. The predicted octanol–water partition coefficient (Wildman–Crippen LogP) is 4.02. The number of hydrogen-bond donors (Lipinski definition) is 1. The number of carbonyl (C=O) groups is 1. The molecule has 0 fully saturated rings. The molecule has 0 atom stereocenters. The second kappa shape index (κ2) is 5.96. The van der Waals surface area contributed by atoms with Crippen molar-refractivity contribution in [1.82, 2.24) is 0 Å². The van der Waals surface area contributed by atoms with E-state index in [-0.39, 0.29) is 11.3 Å². The minimum absolute atomic E-state index is 0.0431. The van der Waals surface area contributed by atoms with Gasteiger partial charge in [0.1, 0.15) is 5.69 Å². The normalized spacial score (nSPS) is 11.5. The van der Waals surface area contributed by atoms with E-state index in [2.05, 4.69) is 26.1 Å². The van der Waals surface area contributed by atoms with E-state index >= 15 is 0 Å². The molecule has 3 aromatic rings. The van der Waals surface area contributed by atoms with Gasteiger partial charge < -0.3 is 10.5 Å². The van der Waals surface area contributed by atoms with Crippen molar-refractivity contribution in [3.05, 3.63) is 77.1 Å². The van der Waals surface area contributed by atoms with Crippen LogP contribution in [0, 0.1) is 5.21 Å². The number of anilines is 1. The molecule has 0 aliphatic carbocycles. The van der Waals surface area contributed by atoms with Gasteiger partial charge in [-0.1, -0.05) is 45.0 Å². The third-order valence-corrected chi connectivity index (χ3v) is 4.01. The van der Waals surface area contributed by atoms with Gasteiger partial charge in [0.2, 0.25) is 11.7 Å². The van der Waals surface area contributed by atoms with E-state index in [1.165, 1.54) is 11.8 Å². The van der Waals surface area contributed by atoms with Crippen LogP contribution < -0.4 is 10.0 Å². The third kappa shape index (κ3) is 3.23. The van der Waals surface area contributed by atoms with Crippen LogP contribution in [-0.4, -0.2) is 5.91 Å². The molecule has 0 saturated heterocycles. The lowest BCUT2D eigenvalue weighted by atomic mass is 9.87. The van der Waals surface area contributed by atoms with Crippen LogP contribution in [0.1, 0.15) is 36.7 Å². The molecule has 0 saturated carbocycles. The van der Waals surface area contributed by atoms with Gasteiger partial charge in [-0.05, 0) is 35.2 Å². The highest BCUT2D eigenvalue weighted by atomic mass is 16.5. The summed E-state index contributed by atoms with van der Waals surface area (Å²) in [6, 6.07) is 16.6. The molecule has 4 nitrogen and oxygen atoms in total. The van der Waals surface area contributed by atoms with Gasteiger partial charge in [-0.3, -0.25) is 4.79 Å². The van der Waals surface area contributed by atoms with Gasteiger partial charge >= 0.3 is 0 Å². The van der Waals surface area contributed by atoms with Gasteiger partial charge in [0.05, 0.1) is 0 Å². The summed E-state index contributed by atoms with van der Waals surface area (Å²) in [5.41, 5.74) is 2.83. The maximum Gasteiger partial charge on any atom is 0.255 e. The number of aromatic nitrogens is 1.